The maximum absolute atomic E-state index is 12.7. The van der Waals surface area contributed by atoms with Crippen molar-refractivity contribution >= 4 is 28.9 Å². The van der Waals surface area contributed by atoms with Crippen LogP contribution < -0.4 is 4.90 Å². The molecule has 0 aromatic carbocycles. The Kier molecular flexibility index (Phi) is 9.29. The van der Waals surface area contributed by atoms with E-state index in [0.29, 0.717) is 24.4 Å². The van der Waals surface area contributed by atoms with Crippen LogP contribution in [0.15, 0.2) is 35.9 Å². The number of unbranched alkanes of at least 4 members (excludes halogenated alkanes) is 1. The molecule has 2 rings (SSSR count). The van der Waals surface area contributed by atoms with E-state index >= 15 is 0 Å². The van der Waals surface area contributed by atoms with E-state index in [9.17, 15) is 18.0 Å². The predicted octanol–water partition coefficient (Wildman–Crippen LogP) is 5.18. The average Bonchev–Trinajstić information content (AvgIpc) is 3.11. The van der Waals surface area contributed by atoms with E-state index in [-0.39, 0.29) is 36.9 Å². The molecule has 0 atom stereocenters. The number of hydrogen-bond donors (Lipinski definition) is 0. The van der Waals surface area contributed by atoms with Gasteiger partial charge in [0.15, 0.2) is 5.15 Å². The maximum Gasteiger partial charge on any atom is 0.389 e. The molecule has 0 aliphatic rings. The zero-order chi connectivity index (χ0) is 22.9. The lowest BCUT2D eigenvalue weighted by Crippen LogP contribution is -2.30. The molecule has 0 fully saturated rings. The summed E-state index contributed by atoms with van der Waals surface area (Å²) in [6.45, 7) is 4.04. The number of pyridine rings is 1. The van der Waals surface area contributed by atoms with Crippen molar-refractivity contribution in [3.8, 4) is 5.69 Å². The van der Waals surface area contributed by atoms with E-state index in [4.69, 9.17) is 16.4 Å². The van der Waals surface area contributed by atoms with Gasteiger partial charge < -0.3 is 9.74 Å². The Morgan fingerprint density at radius 1 is 1.32 bits per heavy atom. The number of aromatic nitrogens is 3. The van der Waals surface area contributed by atoms with Gasteiger partial charge >= 0.3 is 6.18 Å². The van der Waals surface area contributed by atoms with Crippen molar-refractivity contribution in [3.63, 3.8) is 0 Å². The summed E-state index contributed by atoms with van der Waals surface area (Å²) in [5.41, 5.74) is 1.79. The Morgan fingerprint density at radius 2 is 2.10 bits per heavy atom. The fraction of sp³-hybridized carbons (Fsp3) is 0.500. The molecule has 2 heterocycles. The summed E-state index contributed by atoms with van der Waals surface area (Å²) < 4.78 is 37.8. The van der Waals surface area contributed by atoms with Crippen molar-refractivity contribution in [1.29, 1.82) is 0 Å². The van der Waals surface area contributed by atoms with Crippen LogP contribution in [-0.4, -0.2) is 45.7 Å². The molecule has 11 heteroatoms. The van der Waals surface area contributed by atoms with Gasteiger partial charge in [-0.2, -0.15) is 18.3 Å². The van der Waals surface area contributed by atoms with Gasteiger partial charge in [-0.3, -0.25) is 9.78 Å². The highest BCUT2D eigenvalue weighted by atomic mass is 35.5. The average molecular weight is 460 g/mol. The highest BCUT2D eigenvalue weighted by molar-refractivity contribution is 6.32. The summed E-state index contributed by atoms with van der Waals surface area (Å²) in [6, 6.07) is 3.59. The number of nitrogens with zero attached hydrogens (tertiary/aromatic N) is 5. The van der Waals surface area contributed by atoms with Crippen LogP contribution in [0.5, 0.6) is 0 Å². The van der Waals surface area contributed by atoms with Gasteiger partial charge in [-0.05, 0) is 45.2 Å². The van der Waals surface area contributed by atoms with E-state index < -0.39 is 12.6 Å². The van der Waals surface area contributed by atoms with Crippen molar-refractivity contribution in [1.82, 2.24) is 14.8 Å². The number of carbonyl (C=O) groups excluding carboxylic acids is 1. The third-order valence-corrected chi connectivity index (χ3v) is 4.61. The predicted molar refractivity (Wildman–Crippen MR) is 113 cm³/mol. The standard InChI is InChI=1S/C20H25ClF3N5O2/c1-3-28(17-14-29(26-19(17)21)16-7-6-11-25-13-16)18(30)9-8-15(2)27-31-12-5-4-10-20(22,23)24/h6-7,11,13-14H,3-5,8-10,12H2,1-2H3/b27-15+. The molecule has 170 valence electrons. The largest absolute Gasteiger partial charge is 0.396 e. The summed E-state index contributed by atoms with van der Waals surface area (Å²) in [5.74, 6) is -0.158. The molecule has 31 heavy (non-hydrogen) atoms. The minimum atomic E-state index is -4.15. The lowest BCUT2D eigenvalue weighted by molar-refractivity contribution is -0.136. The van der Waals surface area contributed by atoms with Crippen LogP contribution in [0.2, 0.25) is 5.15 Å². The number of alkyl halides is 3. The first-order valence-corrected chi connectivity index (χ1v) is 10.3. The molecular formula is C20H25ClF3N5O2. The van der Waals surface area contributed by atoms with Gasteiger partial charge in [-0.1, -0.05) is 16.8 Å². The van der Waals surface area contributed by atoms with Gasteiger partial charge in [0.05, 0.1) is 23.8 Å². The molecule has 0 unspecified atom stereocenters. The van der Waals surface area contributed by atoms with Crippen LogP contribution in [0.3, 0.4) is 0 Å². The molecule has 0 aliphatic heterocycles. The van der Waals surface area contributed by atoms with Gasteiger partial charge in [0, 0.05) is 25.6 Å². The summed E-state index contributed by atoms with van der Waals surface area (Å²) in [7, 11) is 0. The molecule has 7 nitrogen and oxygen atoms in total. The molecule has 0 bridgehead atoms. The quantitative estimate of drug-likeness (QED) is 0.264. The number of carbonyl (C=O) groups is 1. The van der Waals surface area contributed by atoms with Crippen molar-refractivity contribution in [2.24, 2.45) is 5.16 Å². The minimum absolute atomic E-state index is 0.00446. The highest BCUT2D eigenvalue weighted by Gasteiger charge is 2.25. The monoisotopic (exact) mass is 459 g/mol. The SMILES string of the molecule is CCN(C(=O)CC/C(C)=N/OCCCCC(F)(F)F)c1cn(-c2cccnc2)nc1Cl. The summed E-state index contributed by atoms with van der Waals surface area (Å²) in [5, 5.41) is 8.31. The van der Waals surface area contributed by atoms with Crippen LogP contribution in [0.1, 0.15) is 46.0 Å². The fourth-order valence-electron chi connectivity index (χ4n) is 2.74. The molecule has 2 aromatic rings. The number of rotatable bonds is 11. The normalized spacial score (nSPS) is 12.1. The molecule has 2 aromatic heterocycles. The van der Waals surface area contributed by atoms with Gasteiger partial charge in [-0.15, -0.1) is 0 Å². The van der Waals surface area contributed by atoms with Crippen molar-refractivity contribution in [2.45, 2.75) is 52.1 Å². The Bertz CT molecular complexity index is 871. The van der Waals surface area contributed by atoms with Crippen LogP contribution in [-0.2, 0) is 9.63 Å². The van der Waals surface area contributed by atoms with Crippen molar-refractivity contribution in [2.75, 3.05) is 18.1 Å². The third kappa shape index (κ3) is 8.20. The Hall–Kier alpha value is -2.62. The second-order valence-electron chi connectivity index (χ2n) is 6.83. The molecule has 0 radical (unpaired) electrons. The van der Waals surface area contributed by atoms with E-state index in [1.165, 1.54) is 4.90 Å². The van der Waals surface area contributed by atoms with E-state index in [0.717, 1.165) is 5.69 Å². The van der Waals surface area contributed by atoms with Crippen LogP contribution in [0.4, 0.5) is 18.9 Å². The zero-order valence-electron chi connectivity index (χ0n) is 17.4. The van der Waals surface area contributed by atoms with Gasteiger partial charge in [0.25, 0.3) is 0 Å². The molecule has 0 saturated heterocycles. The van der Waals surface area contributed by atoms with E-state index in [2.05, 4.69) is 15.2 Å². The van der Waals surface area contributed by atoms with Gasteiger partial charge in [0.2, 0.25) is 5.91 Å². The molecule has 1 amide bonds. The van der Waals surface area contributed by atoms with Crippen LogP contribution in [0.25, 0.3) is 5.69 Å². The van der Waals surface area contributed by atoms with Gasteiger partial charge in [0.1, 0.15) is 12.3 Å². The summed E-state index contributed by atoms with van der Waals surface area (Å²) in [6.07, 6.45) is 0.755. The first-order valence-electron chi connectivity index (χ1n) is 9.89. The topological polar surface area (TPSA) is 72.6 Å². The zero-order valence-corrected chi connectivity index (χ0v) is 18.2. The molecule has 0 aliphatic carbocycles. The fourth-order valence-corrected chi connectivity index (χ4v) is 2.98. The minimum Gasteiger partial charge on any atom is -0.396 e. The Balaban J connectivity index is 1.86. The molecule has 0 spiro atoms. The van der Waals surface area contributed by atoms with Crippen molar-refractivity contribution < 1.29 is 22.8 Å². The number of anilines is 1. The second kappa shape index (κ2) is 11.7. The van der Waals surface area contributed by atoms with Gasteiger partial charge in [-0.25, -0.2) is 4.68 Å². The summed E-state index contributed by atoms with van der Waals surface area (Å²) in [4.78, 5) is 23.3. The smallest absolute Gasteiger partial charge is 0.389 e. The maximum atomic E-state index is 12.7. The molecule has 0 N–H and O–H groups in total. The number of halogens is 4. The molecular weight excluding hydrogens is 435 g/mol. The summed E-state index contributed by atoms with van der Waals surface area (Å²) >= 11 is 6.25. The first kappa shape index (κ1) is 24.6. The second-order valence-corrected chi connectivity index (χ2v) is 7.19. The number of amides is 1. The number of hydrogen-bond acceptors (Lipinski definition) is 5. The third-order valence-electron chi connectivity index (χ3n) is 4.34. The van der Waals surface area contributed by atoms with Crippen LogP contribution in [0, 0.1) is 0 Å². The lowest BCUT2D eigenvalue weighted by Gasteiger charge is -2.19. The molecule has 0 saturated carbocycles. The Morgan fingerprint density at radius 3 is 2.74 bits per heavy atom. The van der Waals surface area contributed by atoms with E-state index in [1.54, 1.807) is 36.3 Å². The Labute approximate surface area is 183 Å². The van der Waals surface area contributed by atoms with Crippen molar-refractivity contribution in [3.05, 3.63) is 35.9 Å². The first-order chi connectivity index (χ1) is 14.7. The lowest BCUT2D eigenvalue weighted by atomic mass is 10.2. The highest BCUT2D eigenvalue weighted by Crippen LogP contribution is 2.26. The van der Waals surface area contributed by atoms with E-state index in [1.807, 2.05) is 13.0 Å². The van der Waals surface area contributed by atoms with Crippen LogP contribution >= 0.6 is 11.6 Å². The number of oxime groups is 1.